The summed E-state index contributed by atoms with van der Waals surface area (Å²) >= 11 is 1.62. The summed E-state index contributed by atoms with van der Waals surface area (Å²) in [4.78, 5) is 40.6. The number of thioether (sulfide) groups is 1. The van der Waals surface area contributed by atoms with Gasteiger partial charge in [-0.2, -0.15) is 0 Å². The zero-order valence-corrected chi connectivity index (χ0v) is 17.9. The fraction of sp³-hybridized carbons (Fsp3) is 0.550. The highest BCUT2D eigenvalue weighted by Crippen LogP contribution is 2.47. The first-order chi connectivity index (χ1) is 13.8. The van der Waals surface area contributed by atoms with Crippen LogP contribution in [0, 0.1) is 0 Å². The van der Waals surface area contributed by atoms with Crippen LogP contribution < -0.4 is 9.47 Å². The lowest BCUT2D eigenvalue weighted by Crippen LogP contribution is -2.52. The fourth-order valence-corrected chi connectivity index (χ4v) is 5.25. The monoisotopic (exact) mass is 422 g/mol. The van der Waals surface area contributed by atoms with Gasteiger partial charge in [0, 0.05) is 24.8 Å². The van der Waals surface area contributed by atoms with Crippen LogP contribution >= 0.6 is 11.8 Å². The summed E-state index contributed by atoms with van der Waals surface area (Å²) < 4.78 is 15.4. The van der Waals surface area contributed by atoms with Crippen molar-refractivity contribution in [2.75, 3.05) is 33.6 Å². The van der Waals surface area contributed by atoms with Gasteiger partial charge in [-0.25, -0.2) is 0 Å². The zero-order valence-electron chi connectivity index (χ0n) is 17.1. The molecule has 0 aromatic heterocycles. The Balaban J connectivity index is 1.87. The van der Waals surface area contributed by atoms with Crippen molar-refractivity contribution in [2.45, 2.75) is 37.2 Å². The van der Waals surface area contributed by atoms with E-state index in [2.05, 4.69) is 0 Å². The number of rotatable bonds is 7. The second-order valence-electron chi connectivity index (χ2n) is 7.26. The van der Waals surface area contributed by atoms with Crippen molar-refractivity contribution >= 4 is 29.5 Å². The molecule has 1 aromatic rings. The minimum atomic E-state index is -0.586. The number of fused-ring (bicyclic) bond motifs is 1. The lowest BCUT2D eigenvalue weighted by atomic mass is 10.1. The SMILES string of the molecule is COC(=O)CN(Cc1cc(OC)cc(OC)c1)C(=O)C1CSC2(C)CCC(=O)N12. The third-order valence-electron chi connectivity index (χ3n) is 5.37. The maximum absolute atomic E-state index is 13.4. The smallest absolute Gasteiger partial charge is 0.325 e. The molecule has 0 aliphatic carbocycles. The average Bonchev–Trinajstić information content (AvgIpc) is 3.22. The molecule has 9 heteroatoms. The molecule has 1 aromatic carbocycles. The summed E-state index contributed by atoms with van der Waals surface area (Å²) in [5.74, 6) is 0.891. The number of esters is 1. The maximum atomic E-state index is 13.4. The number of amides is 2. The molecule has 2 aliphatic heterocycles. The van der Waals surface area contributed by atoms with Crippen LogP contribution in [0.1, 0.15) is 25.3 Å². The van der Waals surface area contributed by atoms with Crippen molar-refractivity contribution < 1.29 is 28.6 Å². The number of hydrogen-bond donors (Lipinski definition) is 0. The molecule has 2 fully saturated rings. The van der Waals surface area contributed by atoms with Crippen molar-refractivity contribution in [3.63, 3.8) is 0 Å². The van der Waals surface area contributed by atoms with Crippen molar-refractivity contribution in [2.24, 2.45) is 0 Å². The molecule has 2 atom stereocenters. The minimum Gasteiger partial charge on any atom is -0.497 e. The Hall–Kier alpha value is -2.42. The second-order valence-corrected chi connectivity index (χ2v) is 8.76. The van der Waals surface area contributed by atoms with E-state index in [1.807, 2.05) is 6.92 Å². The average molecular weight is 423 g/mol. The first-order valence-electron chi connectivity index (χ1n) is 9.35. The molecule has 29 heavy (non-hydrogen) atoms. The zero-order chi connectivity index (χ0) is 21.2. The minimum absolute atomic E-state index is 0.0167. The molecule has 2 unspecified atom stereocenters. The maximum Gasteiger partial charge on any atom is 0.325 e. The van der Waals surface area contributed by atoms with E-state index in [9.17, 15) is 14.4 Å². The summed E-state index contributed by atoms with van der Waals surface area (Å²) in [6, 6.07) is 4.72. The van der Waals surface area contributed by atoms with Crippen LogP contribution in [0.25, 0.3) is 0 Å². The molecule has 0 saturated carbocycles. The Morgan fingerprint density at radius 1 is 1.21 bits per heavy atom. The first-order valence-corrected chi connectivity index (χ1v) is 10.3. The van der Waals surface area contributed by atoms with Gasteiger partial charge < -0.3 is 24.0 Å². The summed E-state index contributed by atoms with van der Waals surface area (Å²) in [7, 11) is 4.38. The van der Waals surface area contributed by atoms with Crippen LogP contribution in [0.2, 0.25) is 0 Å². The molecule has 0 spiro atoms. The van der Waals surface area contributed by atoms with E-state index in [-0.39, 0.29) is 29.8 Å². The summed E-state index contributed by atoms with van der Waals surface area (Å²) in [5.41, 5.74) is 0.750. The molecule has 2 aliphatic rings. The van der Waals surface area contributed by atoms with Gasteiger partial charge in [0.25, 0.3) is 0 Å². The van der Waals surface area contributed by atoms with Gasteiger partial charge >= 0.3 is 5.97 Å². The van der Waals surface area contributed by atoms with Gasteiger partial charge in [0.2, 0.25) is 11.8 Å². The van der Waals surface area contributed by atoms with Crippen molar-refractivity contribution in [1.82, 2.24) is 9.80 Å². The molecule has 0 bridgehead atoms. The molecule has 2 amide bonds. The Bertz CT molecular complexity index is 794. The van der Waals surface area contributed by atoms with E-state index < -0.39 is 12.0 Å². The van der Waals surface area contributed by atoms with Crippen LogP contribution in [0.5, 0.6) is 11.5 Å². The largest absolute Gasteiger partial charge is 0.497 e. The molecule has 2 saturated heterocycles. The second kappa shape index (κ2) is 8.52. The van der Waals surface area contributed by atoms with E-state index in [1.54, 1.807) is 49.1 Å². The third kappa shape index (κ3) is 4.29. The summed E-state index contributed by atoms with van der Waals surface area (Å²) in [5, 5.41) is 0. The molecule has 0 radical (unpaired) electrons. The lowest BCUT2D eigenvalue weighted by molar-refractivity contribution is -0.151. The Labute approximate surface area is 174 Å². The first kappa shape index (κ1) is 21.3. The van der Waals surface area contributed by atoms with E-state index in [0.29, 0.717) is 23.7 Å². The van der Waals surface area contributed by atoms with E-state index in [1.165, 1.54) is 12.0 Å². The van der Waals surface area contributed by atoms with Gasteiger partial charge in [-0.15, -0.1) is 11.8 Å². The quantitative estimate of drug-likeness (QED) is 0.618. The Kier molecular flexibility index (Phi) is 6.26. The van der Waals surface area contributed by atoms with Gasteiger partial charge in [0.1, 0.15) is 24.1 Å². The van der Waals surface area contributed by atoms with Gasteiger partial charge in [-0.3, -0.25) is 14.4 Å². The van der Waals surface area contributed by atoms with Crippen LogP contribution in [0.4, 0.5) is 0 Å². The fourth-order valence-electron chi connectivity index (χ4n) is 3.82. The highest BCUT2D eigenvalue weighted by atomic mass is 32.2. The summed E-state index contributed by atoms with van der Waals surface area (Å²) in [6.45, 7) is 1.96. The van der Waals surface area contributed by atoms with Crippen LogP contribution in [0.3, 0.4) is 0 Å². The Morgan fingerprint density at radius 2 is 1.86 bits per heavy atom. The van der Waals surface area contributed by atoms with E-state index in [0.717, 1.165) is 12.0 Å². The number of methoxy groups -OCH3 is 3. The lowest BCUT2D eigenvalue weighted by Gasteiger charge is -2.33. The molecule has 0 N–H and O–H groups in total. The van der Waals surface area contributed by atoms with E-state index in [4.69, 9.17) is 14.2 Å². The van der Waals surface area contributed by atoms with Gasteiger partial charge in [0.15, 0.2) is 0 Å². The summed E-state index contributed by atoms with van der Waals surface area (Å²) in [6.07, 6.45) is 1.17. The topological polar surface area (TPSA) is 85.4 Å². The third-order valence-corrected chi connectivity index (χ3v) is 6.88. The Morgan fingerprint density at radius 3 is 2.45 bits per heavy atom. The highest BCUT2D eigenvalue weighted by Gasteiger charge is 2.53. The van der Waals surface area contributed by atoms with Crippen LogP contribution in [0.15, 0.2) is 18.2 Å². The van der Waals surface area contributed by atoms with Crippen LogP contribution in [-0.2, 0) is 25.7 Å². The number of carbonyl (C=O) groups is 3. The molecule has 2 heterocycles. The molecule has 3 rings (SSSR count). The van der Waals surface area contributed by atoms with Crippen LogP contribution in [-0.4, -0.2) is 72.1 Å². The molecular weight excluding hydrogens is 396 g/mol. The number of hydrogen-bond acceptors (Lipinski definition) is 7. The predicted molar refractivity (Wildman–Crippen MR) is 108 cm³/mol. The van der Waals surface area contributed by atoms with Crippen molar-refractivity contribution in [3.8, 4) is 11.5 Å². The van der Waals surface area contributed by atoms with Gasteiger partial charge in [-0.05, 0) is 31.0 Å². The number of carbonyl (C=O) groups excluding carboxylic acids is 3. The van der Waals surface area contributed by atoms with Crippen molar-refractivity contribution in [1.29, 1.82) is 0 Å². The van der Waals surface area contributed by atoms with Crippen molar-refractivity contribution in [3.05, 3.63) is 23.8 Å². The molecular formula is C20H26N2O6S. The van der Waals surface area contributed by atoms with Gasteiger partial charge in [0.05, 0.1) is 26.2 Å². The highest BCUT2D eigenvalue weighted by molar-refractivity contribution is 8.01. The molecule has 8 nitrogen and oxygen atoms in total. The number of benzene rings is 1. The van der Waals surface area contributed by atoms with E-state index >= 15 is 0 Å². The molecule has 158 valence electrons. The normalized spacial score (nSPS) is 23.0. The number of ether oxygens (including phenoxy) is 3. The number of nitrogens with zero attached hydrogens (tertiary/aromatic N) is 2. The standard InChI is InChI=1S/C20H26N2O6S/c1-20-6-5-17(23)22(20)16(12-29-20)19(25)21(11-18(24)28-4)10-13-7-14(26-2)9-15(8-13)27-3/h7-9,16H,5-6,10-12H2,1-4H3. The predicted octanol–water partition coefficient (Wildman–Crippen LogP) is 1.66. The van der Waals surface area contributed by atoms with Gasteiger partial charge in [-0.1, -0.05) is 0 Å².